The monoisotopic (exact) mass is 382 g/mol. The summed E-state index contributed by atoms with van der Waals surface area (Å²) in [6.45, 7) is 0. The number of carbonyl (C=O) groups is 1. The molecule has 0 atom stereocenters. The lowest BCUT2D eigenvalue weighted by atomic mass is 10.2. The second kappa shape index (κ2) is 7.87. The second-order valence-electron chi connectivity index (χ2n) is 5.30. The Labute approximate surface area is 160 Å². The summed E-state index contributed by atoms with van der Waals surface area (Å²) in [6, 6.07) is 17.3. The van der Waals surface area contributed by atoms with E-state index in [0.717, 1.165) is 5.69 Å². The van der Waals surface area contributed by atoms with Crippen LogP contribution in [0, 0.1) is 11.3 Å². The fourth-order valence-electron chi connectivity index (χ4n) is 2.25. The van der Waals surface area contributed by atoms with Crippen molar-refractivity contribution in [3.05, 3.63) is 82.1 Å². The van der Waals surface area contributed by atoms with Crippen molar-refractivity contribution in [1.82, 2.24) is 4.98 Å². The Morgan fingerprint density at radius 3 is 2.54 bits per heavy atom. The minimum Gasteiger partial charge on any atom is -0.355 e. The Hall–Kier alpha value is -3.07. The maximum Gasteiger partial charge on any atom is 0.274 e. The average molecular weight is 383 g/mol. The second-order valence-corrected chi connectivity index (χ2v) is 6.11. The number of pyridine rings is 1. The number of carbonyl (C=O) groups excluding carboxylic acids is 1. The van der Waals surface area contributed by atoms with Crippen molar-refractivity contribution in [1.29, 1.82) is 5.26 Å². The number of aromatic nitrogens is 1. The SMILES string of the molecule is N#Cc1ccccc1NC(=O)c1cc(Nc2ccc(Cl)c(Cl)c2)ccn1. The molecule has 1 heterocycles. The van der Waals surface area contributed by atoms with Crippen molar-refractivity contribution < 1.29 is 4.79 Å². The van der Waals surface area contributed by atoms with Crippen LogP contribution < -0.4 is 10.6 Å². The van der Waals surface area contributed by atoms with Gasteiger partial charge >= 0.3 is 0 Å². The molecular weight excluding hydrogens is 371 g/mol. The Balaban J connectivity index is 1.79. The number of hydrogen-bond donors (Lipinski definition) is 2. The van der Waals surface area contributed by atoms with Crippen molar-refractivity contribution in [3.8, 4) is 6.07 Å². The third kappa shape index (κ3) is 4.12. The van der Waals surface area contributed by atoms with Crippen molar-refractivity contribution >= 4 is 46.2 Å². The van der Waals surface area contributed by atoms with Gasteiger partial charge in [-0.2, -0.15) is 5.26 Å². The topological polar surface area (TPSA) is 77.8 Å². The molecule has 1 amide bonds. The zero-order valence-corrected chi connectivity index (χ0v) is 14.8. The number of nitrogens with one attached hydrogen (secondary N) is 2. The number of amides is 1. The highest BCUT2D eigenvalue weighted by Crippen LogP contribution is 2.27. The van der Waals surface area contributed by atoms with Gasteiger partial charge in [-0.25, -0.2) is 0 Å². The first-order valence-corrected chi connectivity index (χ1v) is 8.31. The largest absolute Gasteiger partial charge is 0.355 e. The van der Waals surface area contributed by atoms with Gasteiger partial charge in [-0.05, 0) is 42.5 Å². The van der Waals surface area contributed by atoms with Gasteiger partial charge in [0, 0.05) is 17.6 Å². The molecule has 128 valence electrons. The highest BCUT2D eigenvalue weighted by molar-refractivity contribution is 6.42. The van der Waals surface area contributed by atoms with Crippen LogP contribution in [-0.4, -0.2) is 10.9 Å². The predicted octanol–water partition coefficient (Wildman–Crippen LogP) is 5.26. The van der Waals surface area contributed by atoms with E-state index in [1.807, 2.05) is 6.07 Å². The van der Waals surface area contributed by atoms with E-state index in [1.165, 1.54) is 6.20 Å². The molecule has 0 bridgehead atoms. The van der Waals surface area contributed by atoms with E-state index in [-0.39, 0.29) is 5.69 Å². The van der Waals surface area contributed by atoms with Gasteiger partial charge in [0.15, 0.2) is 0 Å². The number of anilines is 3. The predicted molar refractivity (Wildman–Crippen MR) is 103 cm³/mol. The van der Waals surface area contributed by atoms with E-state index in [4.69, 9.17) is 28.5 Å². The molecule has 3 aromatic rings. The average Bonchev–Trinajstić information content (AvgIpc) is 2.65. The highest BCUT2D eigenvalue weighted by Gasteiger charge is 2.11. The Kier molecular flexibility index (Phi) is 5.37. The van der Waals surface area contributed by atoms with E-state index in [9.17, 15) is 4.79 Å². The van der Waals surface area contributed by atoms with Gasteiger partial charge in [-0.15, -0.1) is 0 Å². The van der Waals surface area contributed by atoms with Gasteiger partial charge in [0.1, 0.15) is 11.8 Å². The third-order valence-electron chi connectivity index (χ3n) is 3.50. The number of halogens is 2. The summed E-state index contributed by atoms with van der Waals surface area (Å²) in [7, 11) is 0. The lowest BCUT2D eigenvalue weighted by Crippen LogP contribution is -2.14. The first kappa shape index (κ1) is 17.7. The maximum atomic E-state index is 12.4. The molecule has 0 unspecified atom stereocenters. The molecule has 3 rings (SSSR count). The molecule has 0 fully saturated rings. The molecule has 0 aliphatic heterocycles. The van der Waals surface area contributed by atoms with Gasteiger partial charge < -0.3 is 10.6 Å². The summed E-state index contributed by atoms with van der Waals surface area (Å²) in [5.74, 6) is -0.412. The highest BCUT2D eigenvalue weighted by atomic mass is 35.5. The van der Waals surface area contributed by atoms with Crippen LogP contribution >= 0.6 is 23.2 Å². The standard InChI is InChI=1S/C19H12Cl2N4O/c20-15-6-5-13(9-16(15)21)24-14-7-8-23-18(10-14)19(26)25-17-4-2-1-3-12(17)11-22/h1-10H,(H,23,24)(H,25,26). The van der Waals surface area contributed by atoms with Gasteiger partial charge in [-0.3, -0.25) is 9.78 Å². The Morgan fingerprint density at radius 2 is 1.77 bits per heavy atom. The van der Waals surface area contributed by atoms with E-state index in [2.05, 4.69) is 15.6 Å². The van der Waals surface area contributed by atoms with Gasteiger partial charge in [-0.1, -0.05) is 35.3 Å². The molecule has 0 radical (unpaired) electrons. The van der Waals surface area contributed by atoms with Crippen LogP contribution in [0.5, 0.6) is 0 Å². The van der Waals surface area contributed by atoms with Crippen molar-refractivity contribution in [3.63, 3.8) is 0 Å². The van der Waals surface area contributed by atoms with E-state index >= 15 is 0 Å². The lowest BCUT2D eigenvalue weighted by molar-refractivity contribution is 0.102. The fraction of sp³-hybridized carbons (Fsp3) is 0. The molecule has 0 aliphatic carbocycles. The molecule has 0 aliphatic rings. The van der Waals surface area contributed by atoms with Crippen molar-refractivity contribution in [2.45, 2.75) is 0 Å². The minimum absolute atomic E-state index is 0.211. The van der Waals surface area contributed by atoms with Crippen LogP contribution in [0.4, 0.5) is 17.1 Å². The number of para-hydroxylation sites is 1. The van der Waals surface area contributed by atoms with E-state index in [1.54, 1.807) is 54.6 Å². The van der Waals surface area contributed by atoms with Gasteiger partial charge in [0.05, 0.1) is 21.3 Å². The molecule has 5 nitrogen and oxygen atoms in total. The molecular formula is C19H12Cl2N4O. The molecule has 2 aromatic carbocycles. The van der Waals surface area contributed by atoms with Crippen LogP contribution in [0.2, 0.25) is 10.0 Å². The summed E-state index contributed by atoms with van der Waals surface area (Å²) in [5, 5.41) is 15.8. The first-order chi connectivity index (χ1) is 12.6. The number of nitriles is 1. The molecule has 1 aromatic heterocycles. The molecule has 7 heteroatoms. The fourth-order valence-corrected chi connectivity index (χ4v) is 2.55. The molecule has 2 N–H and O–H groups in total. The molecule has 0 saturated heterocycles. The Morgan fingerprint density at radius 1 is 1.00 bits per heavy atom. The van der Waals surface area contributed by atoms with Gasteiger partial charge in [0.2, 0.25) is 0 Å². The van der Waals surface area contributed by atoms with Crippen LogP contribution in [0.15, 0.2) is 60.8 Å². The first-order valence-electron chi connectivity index (χ1n) is 7.55. The normalized spacial score (nSPS) is 10.0. The zero-order valence-electron chi connectivity index (χ0n) is 13.3. The summed E-state index contributed by atoms with van der Waals surface area (Å²) in [5.41, 5.74) is 2.42. The van der Waals surface area contributed by atoms with Crippen LogP contribution in [0.1, 0.15) is 16.1 Å². The van der Waals surface area contributed by atoms with E-state index < -0.39 is 5.91 Å². The van der Waals surface area contributed by atoms with Crippen LogP contribution in [0.25, 0.3) is 0 Å². The molecule has 26 heavy (non-hydrogen) atoms. The molecule has 0 saturated carbocycles. The molecule has 0 spiro atoms. The summed E-state index contributed by atoms with van der Waals surface area (Å²) < 4.78 is 0. The summed E-state index contributed by atoms with van der Waals surface area (Å²) in [4.78, 5) is 16.5. The Bertz CT molecular complexity index is 1010. The lowest BCUT2D eigenvalue weighted by Gasteiger charge is -2.10. The zero-order chi connectivity index (χ0) is 18.5. The maximum absolute atomic E-state index is 12.4. The number of benzene rings is 2. The van der Waals surface area contributed by atoms with Crippen LogP contribution in [-0.2, 0) is 0 Å². The van der Waals surface area contributed by atoms with E-state index in [0.29, 0.717) is 27.0 Å². The van der Waals surface area contributed by atoms with Crippen LogP contribution in [0.3, 0.4) is 0 Å². The van der Waals surface area contributed by atoms with Crippen molar-refractivity contribution in [2.75, 3.05) is 10.6 Å². The number of rotatable bonds is 4. The third-order valence-corrected chi connectivity index (χ3v) is 4.24. The smallest absolute Gasteiger partial charge is 0.274 e. The number of hydrogen-bond acceptors (Lipinski definition) is 4. The summed E-state index contributed by atoms with van der Waals surface area (Å²) in [6.07, 6.45) is 1.52. The number of nitrogens with zero attached hydrogens (tertiary/aromatic N) is 2. The van der Waals surface area contributed by atoms with Gasteiger partial charge in [0.25, 0.3) is 5.91 Å². The quantitative estimate of drug-likeness (QED) is 0.645. The van der Waals surface area contributed by atoms with Crippen molar-refractivity contribution in [2.24, 2.45) is 0 Å². The minimum atomic E-state index is -0.412. The summed E-state index contributed by atoms with van der Waals surface area (Å²) >= 11 is 11.9.